The van der Waals surface area contributed by atoms with Gasteiger partial charge in [0.15, 0.2) is 11.3 Å². The number of fused-ring (bicyclic) bond motifs is 2. The molecule has 0 N–H and O–H groups in total. The molecular formula is C16H14O5. The Morgan fingerprint density at radius 2 is 1.67 bits per heavy atom. The lowest BCUT2D eigenvalue weighted by Gasteiger charge is -2.11. The van der Waals surface area contributed by atoms with Crippen molar-refractivity contribution in [1.29, 1.82) is 0 Å². The highest BCUT2D eigenvalue weighted by molar-refractivity contribution is 5.96. The van der Waals surface area contributed by atoms with Gasteiger partial charge in [-0.05, 0) is 24.3 Å². The highest BCUT2D eigenvalue weighted by Crippen LogP contribution is 2.36. The van der Waals surface area contributed by atoms with Crippen LogP contribution < -0.4 is 19.6 Å². The largest absolute Gasteiger partial charge is 0.496 e. The molecule has 0 unspecified atom stereocenters. The van der Waals surface area contributed by atoms with Crippen molar-refractivity contribution in [2.24, 2.45) is 0 Å². The van der Waals surface area contributed by atoms with Crippen LogP contribution in [-0.4, -0.2) is 21.3 Å². The summed E-state index contributed by atoms with van der Waals surface area (Å²) in [5.41, 5.74) is 0.644. The van der Waals surface area contributed by atoms with Gasteiger partial charge in [-0.2, -0.15) is 0 Å². The Morgan fingerprint density at radius 1 is 0.905 bits per heavy atom. The van der Waals surface area contributed by atoms with Crippen LogP contribution in [0.25, 0.3) is 21.9 Å². The fourth-order valence-electron chi connectivity index (χ4n) is 2.41. The Bertz CT molecular complexity index is 879. The molecule has 0 aliphatic carbocycles. The Morgan fingerprint density at radius 3 is 2.33 bits per heavy atom. The van der Waals surface area contributed by atoms with Gasteiger partial charge < -0.3 is 18.6 Å². The Balaban J connectivity index is 2.53. The topological polar surface area (TPSA) is 57.9 Å². The fraction of sp³-hybridized carbons (Fsp3) is 0.188. The first-order chi connectivity index (χ1) is 10.2. The third-order valence-corrected chi connectivity index (χ3v) is 3.39. The molecule has 5 heteroatoms. The van der Waals surface area contributed by atoms with Gasteiger partial charge in [-0.3, -0.25) is 4.79 Å². The third kappa shape index (κ3) is 1.89. The Hall–Kier alpha value is -2.69. The zero-order chi connectivity index (χ0) is 15.0. The van der Waals surface area contributed by atoms with Crippen LogP contribution in [0.3, 0.4) is 0 Å². The van der Waals surface area contributed by atoms with Crippen LogP contribution in [0, 0.1) is 0 Å². The van der Waals surface area contributed by atoms with Gasteiger partial charge in [0, 0.05) is 0 Å². The van der Waals surface area contributed by atoms with E-state index in [0.29, 0.717) is 39.2 Å². The van der Waals surface area contributed by atoms with E-state index >= 15 is 0 Å². The van der Waals surface area contributed by atoms with Crippen molar-refractivity contribution in [2.45, 2.75) is 0 Å². The molecular weight excluding hydrogens is 272 g/mol. The van der Waals surface area contributed by atoms with Gasteiger partial charge >= 0.3 is 0 Å². The lowest BCUT2D eigenvalue weighted by Crippen LogP contribution is -2.05. The smallest absolute Gasteiger partial charge is 0.204 e. The van der Waals surface area contributed by atoms with E-state index in [-0.39, 0.29) is 5.43 Å². The van der Waals surface area contributed by atoms with Crippen LogP contribution >= 0.6 is 0 Å². The van der Waals surface area contributed by atoms with Crippen molar-refractivity contribution < 1.29 is 18.6 Å². The van der Waals surface area contributed by atoms with Crippen LogP contribution in [0.4, 0.5) is 0 Å². The van der Waals surface area contributed by atoms with Crippen LogP contribution in [0.15, 0.2) is 39.5 Å². The predicted octanol–water partition coefficient (Wildman–Crippen LogP) is 2.97. The first-order valence-electron chi connectivity index (χ1n) is 6.35. The van der Waals surface area contributed by atoms with E-state index in [9.17, 15) is 4.79 Å². The van der Waals surface area contributed by atoms with E-state index in [2.05, 4.69) is 0 Å². The summed E-state index contributed by atoms with van der Waals surface area (Å²) in [7, 11) is 4.56. The molecule has 0 amide bonds. The number of hydrogen-bond donors (Lipinski definition) is 0. The molecule has 108 valence electrons. The molecule has 2 aromatic carbocycles. The summed E-state index contributed by atoms with van der Waals surface area (Å²) in [4.78, 5) is 12.7. The van der Waals surface area contributed by atoms with Gasteiger partial charge in [0.05, 0.1) is 26.7 Å². The summed E-state index contributed by atoms with van der Waals surface area (Å²) in [6.07, 6.45) is 0. The number of hydrogen-bond acceptors (Lipinski definition) is 5. The molecule has 1 heterocycles. The van der Waals surface area contributed by atoms with Crippen molar-refractivity contribution in [3.8, 4) is 17.2 Å². The van der Waals surface area contributed by atoms with Gasteiger partial charge in [-0.25, -0.2) is 0 Å². The third-order valence-electron chi connectivity index (χ3n) is 3.39. The molecule has 0 aliphatic rings. The second-order valence-electron chi connectivity index (χ2n) is 4.44. The summed E-state index contributed by atoms with van der Waals surface area (Å²) in [5, 5.41) is 0.837. The monoisotopic (exact) mass is 286 g/mol. The predicted molar refractivity (Wildman–Crippen MR) is 79.6 cm³/mol. The molecule has 0 spiro atoms. The lowest BCUT2D eigenvalue weighted by atomic mass is 10.1. The fourth-order valence-corrected chi connectivity index (χ4v) is 2.41. The Labute approximate surface area is 120 Å². The molecule has 1 aromatic heterocycles. The molecule has 3 aromatic rings. The van der Waals surface area contributed by atoms with Gasteiger partial charge in [0.2, 0.25) is 11.2 Å². The first kappa shape index (κ1) is 13.3. The van der Waals surface area contributed by atoms with Crippen molar-refractivity contribution in [1.82, 2.24) is 0 Å². The molecule has 0 saturated carbocycles. The Kier molecular flexibility index (Phi) is 3.17. The zero-order valence-corrected chi connectivity index (χ0v) is 11.9. The summed E-state index contributed by atoms with van der Waals surface area (Å²) >= 11 is 0. The quantitative estimate of drug-likeness (QED) is 0.693. The highest BCUT2D eigenvalue weighted by Gasteiger charge is 2.17. The van der Waals surface area contributed by atoms with Gasteiger partial charge in [-0.15, -0.1) is 0 Å². The minimum absolute atomic E-state index is 0.162. The summed E-state index contributed by atoms with van der Waals surface area (Å²) in [6, 6.07) is 8.56. The minimum atomic E-state index is -0.162. The van der Waals surface area contributed by atoms with E-state index in [1.54, 1.807) is 30.3 Å². The molecule has 0 atom stereocenters. The average molecular weight is 286 g/mol. The maximum absolute atomic E-state index is 12.7. The summed E-state index contributed by atoms with van der Waals surface area (Å²) in [6.45, 7) is 0. The standard InChI is InChI=1S/C16H14O5/c1-18-10-5-4-6-11-13(10)14(17)9-7-8-12(19-2)16(20-3)15(9)21-11/h4-8H,1-3H3. The second kappa shape index (κ2) is 5.01. The van der Waals surface area contributed by atoms with E-state index < -0.39 is 0 Å². The van der Waals surface area contributed by atoms with Crippen LogP contribution in [0.1, 0.15) is 0 Å². The van der Waals surface area contributed by atoms with Gasteiger partial charge in [0.1, 0.15) is 16.7 Å². The van der Waals surface area contributed by atoms with Crippen molar-refractivity contribution in [3.05, 3.63) is 40.6 Å². The summed E-state index contributed by atoms with van der Waals surface area (Å²) in [5.74, 6) is 1.39. The van der Waals surface area contributed by atoms with Gasteiger partial charge in [0.25, 0.3) is 0 Å². The summed E-state index contributed by atoms with van der Waals surface area (Å²) < 4.78 is 21.6. The first-order valence-corrected chi connectivity index (χ1v) is 6.35. The molecule has 0 fully saturated rings. The van der Waals surface area contributed by atoms with E-state index in [1.807, 2.05) is 0 Å². The molecule has 0 saturated heterocycles. The van der Waals surface area contributed by atoms with Crippen molar-refractivity contribution in [3.63, 3.8) is 0 Å². The molecule has 5 nitrogen and oxygen atoms in total. The average Bonchev–Trinajstić information content (AvgIpc) is 2.53. The number of ether oxygens (including phenoxy) is 3. The van der Waals surface area contributed by atoms with Gasteiger partial charge in [-0.1, -0.05) is 6.07 Å². The molecule has 0 bridgehead atoms. The molecule has 21 heavy (non-hydrogen) atoms. The van der Waals surface area contributed by atoms with Crippen LogP contribution in [0.5, 0.6) is 17.2 Å². The van der Waals surface area contributed by atoms with E-state index in [4.69, 9.17) is 18.6 Å². The van der Waals surface area contributed by atoms with E-state index in [0.717, 1.165) is 0 Å². The van der Waals surface area contributed by atoms with Crippen molar-refractivity contribution >= 4 is 21.9 Å². The number of methoxy groups -OCH3 is 3. The highest BCUT2D eigenvalue weighted by atomic mass is 16.5. The SMILES string of the molecule is COc1ccc2c(=O)c3c(OC)cccc3oc2c1OC. The molecule has 3 rings (SSSR count). The number of rotatable bonds is 3. The van der Waals surface area contributed by atoms with Crippen LogP contribution in [-0.2, 0) is 0 Å². The van der Waals surface area contributed by atoms with Crippen LogP contribution in [0.2, 0.25) is 0 Å². The number of benzene rings is 2. The van der Waals surface area contributed by atoms with Crippen molar-refractivity contribution in [2.75, 3.05) is 21.3 Å². The molecule has 0 radical (unpaired) electrons. The maximum Gasteiger partial charge on any atom is 0.204 e. The second-order valence-corrected chi connectivity index (χ2v) is 4.44. The zero-order valence-electron chi connectivity index (χ0n) is 11.9. The lowest BCUT2D eigenvalue weighted by molar-refractivity contribution is 0.354. The maximum atomic E-state index is 12.7. The minimum Gasteiger partial charge on any atom is -0.496 e. The molecule has 0 aliphatic heterocycles. The van der Waals surface area contributed by atoms with E-state index in [1.165, 1.54) is 21.3 Å². The normalized spacial score (nSPS) is 10.8.